The molecule has 0 saturated carbocycles. The second-order valence-corrected chi connectivity index (χ2v) is 2.94. The average molecular weight is 157 g/mol. The first kappa shape index (κ1) is 10.7. The molecule has 0 aliphatic rings. The zero-order valence-corrected chi connectivity index (χ0v) is 7.76. The Balaban J connectivity index is 3.86. The number of nitrogens with two attached hydrogens (primary N) is 1. The lowest BCUT2D eigenvalue weighted by atomic mass is 10.0. The molecule has 0 spiro atoms. The first-order valence-corrected chi connectivity index (χ1v) is 4.10. The molecule has 0 fully saturated rings. The largest absolute Gasteiger partial charge is 0.380 e. The Hall–Kier alpha value is -0.340. The van der Waals surface area contributed by atoms with Gasteiger partial charge in [-0.3, -0.25) is 0 Å². The van der Waals surface area contributed by atoms with Crippen molar-refractivity contribution in [1.29, 1.82) is 0 Å². The molecule has 0 unspecified atom stereocenters. The van der Waals surface area contributed by atoms with Gasteiger partial charge < -0.3 is 10.5 Å². The van der Waals surface area contributed by atoms with Crippen LogP contribution in [0.25, 0.3) is 0 Å². The van der Waals surface area contributed by atoms with Crippen LogP contribution in [-0.2, 0) is 4.74 Å². The Bertz CT molecular complexity index is 119. The van der Waals surface area contributed by atoms with Gasteiger partial charge in [0.1, 0.15) is 0 Å². The van der Waals surface area contributed by atoms with E-state index in [-0.39, 0.29) is 0 Å². The van der Waals surface area contributed by atoms with Gasteiger partial charge in [0.2, 0.25) is 0 Å². The number of hydrogen-bond donors (Lipinski definition) is 1. The van der Waals surface area contributed by atoms with Crippen LogP contribution in [0.1, 0.15) is 20.3 Å². The van der Waals surface area contributed by atoms with E-state index in [2.05, 4.69) is 19.9 Å². The lowest BCUT2D eigenvalue weighted by Gasteiger charge is -2.09. The van der Waals surface area contributed by atoms with E-state index in [1.165, 1.54) is 5.57 Å². The second-order valence-electron chi connectivity index (χ2n) is 2.94. The van der Waals surface area contributed by atoms with Crippen molar-refractivity contribution in [2.45, 2.75) is 20.3 Å². The summed E-state index contributed by atoms with van der Waals surface area (Å²) in [5.74, 6) is 0.571. The molecule has 0 aromatic heterocycles. The summed E-state index contributed by atoms with van der Waals surface area (Å²) >= 11 is 0. The van der Waals surface area contributed by atoms with Gasteiger partial charge in [-0.15, -0.1) is 0 Å². The van der Waals surface area contributed by atoms with E-state index in [1.54, 1.807) is 7.11 Å². The molecule has 0 aliphatic heterocycles. The average Bonchev–Trinajstić information content (AvgIpc) is 1.97. The predicted molar refractivity (Wildman–Crippen MR) is 48.5 cm³/mol. The molecule has 0 aromatic carbocycles. The molecule has 0 radical (unpaired) electrons. The monoisotopic (exact) mass is 157 g/mol. The summed E-state index contributed by atoms with van der Waals surface area (Å²) in [6.45, 7) is 5.79. The number of methoxy groups -OCH3 is 1. The Morgan fingerprint density at radius 2 is 2.18 bits per heavy atom. The summed E-state index contributed by atoms with van der Waals surface area (Å²) in [4.78, 5) is 0. The van der Waals surface area contributed by atoms with E-state index in [0.29, 0.717) is 5.92 Å². The van der Waals surface area contributed by atoms with Crippen LogP contribution in [0.15, 0.2) is 11.6 Å². The van der Waals surface area contributed by atoms with Crippen molar-refractivity contribution in [3.63, 3.8) is 0 Å². The highest BCUT2D eigenvalue weighted by atomic mass is 16.5. The van der Waals surface area contributed by atoms with Gasteiger partial charge >= 0.3 is 0 Å². The predicted octanol–water partition coefficient (Wildman–Crippen LogP) is 1.56. The Morgan fingerprint density at radius 3 is 2.55 bits per heavy atom. The second kappa shape index (κ2) is 6.38. The third kappa shape index (κ3) is 4.99. The first-order chi connectivity index (χ1) is 5.22. The van der Waals surface area contributed by atoms with Crippen molar-refractivity contribution >= 4 is 0 Å². The van der Waals surface area contributed by atoms with Crippen LogP contribution in [0.4, 0.5) is 0 Å². The molecule has 0 aliphatic carbocycles. The molecule has 2 nitrogen and oxygen atoms in total. The van der Waals surface area contributed by atoms with Gasteiger partial charge in [0.15, 0.2) is 0 Å². The minimum absolute atomic E-state index is 0.571. The fourth-order valence-electron chi connectivity index (χ4n) is 0.897. The third-order valence-corrected chi connectivity index (χ3v) is 1.63. The maximum atomic E-state index is 5.39. The molecule has 66 valence electrons. The van der Waals surface area contributed by atoms with Crippen LogP contribution in [-0.4, -0.2) is 20.3 Å². The zero-order valence-electron chi connectivity index (χ0n) is 7.76. The van der Waals surface area contributed by atoms with Gasteiger partial charge in [-0.1, -0.05) is 19.9 Å². The van der Waals surface area contributed by atoms with E-state index < -0.39 is 0 Å². The zero-order chi connectivity index (χ0) is 8.69. The van der Waals surface area contributed by atoms with Gasteiger partial charge in [-0.2, -0.15) is 0 Å². The van der Waals surface area contributed by atoms with Crippen LogP contribution in [0.5, 0.6) is 0 Å². The van der Waals surface area contributed by atoms with Gasteiger partial charge in [-0.05, 0) is 24.5 Å². The van der Waals surface area contributed by atoms with Gasteiger partial charge in [0, 0.05) is 7.11 Å². The smallest absolute Gasteiger partial charge is 0.0675 e. The van der Waals surface area contributed by atoms with E-state index in [1.807, 2.05) is 0 Å². The number of ether oxygens (including phenoxy) is 1. The normalized spacial score (nSPS) is 12.6. The van der Waals surface area contributed by atoms with Gasteiger partial charge in [0.05, 0.1) is 6.61 Å². The van der Waals surface area contributed by atoms with Crippen molar-refractivity contribution < 1.29 is 4.74 Å². The van der Waals surface area contributed by atoms with Crippen molar-refractivity contribution in [2.24, 2.45) is 11.7 Å². The van der Waals surface area contributed by atoms with Crippen LogP contribution in [0.2, 0.25) is 0 Å². The molecule has 0 amide bonds. The Morgan fingerprint density at radius 1 is 1.55 bits per heavy atom. The van der Waals surface area contributed by atoms with Crippen molar-refractivity contribution in [2.75, 3.05) is 20.3 Å². The number of hydrogen-bond acceptors (Lipinski definition) is 2. The molecular weight excluding hydrogens is 138 g/mol. The molecule has 11 heavy (non-hydrogen) atoms. The minimum atomic E-state index is 0.571. The van der Waals surface area contributed by atoms with Gasteiger partial charge in [-0.25, -0.2) is 0 Å². The molecule has 2 heteroatoms. The third-order valence-electron chi connectivity index (χ3n) is 1.63. The fraction of sp³-hybridized carbons (Fsp3) is 0.778. The van der Waals surface area contributed by atoms with Crippen LogP contribution < -0.4 is 5.73 Å². The quantitative estimate of drug-likeness (QED) is 0.615. The highest BCUT2D eigenvalue weighted by Crippen LogP contribution is 2.09. The van der Waals surface area contributed by atoms with Crippen LogP contribution in [0, 0.1) is 5.92 Å². The molecule has 0 bridgehead atoms. The summed E-state index contributed by atoms with van der Waals surface area (Å²) in [6, 6.07) is 0. The lowest BCUT2D eigenvalue weighted by Crippen LogP contribution is -2.04. The number of rotatable bonds is 5. The molecule has 2 N–H and O–H groups in total. The molecule has 0 aromatic rings. The minimum Gasteiger partial charge on any atom is -0.380 e. The van der Waals surface area contributed by atoms with Crippen molar-refractivity contribution in [3.8, 4) is 0 Å². The van der Waals surface area contributed by atoms with Crippen molar-refractivity contribution in [1.82, 2.24) is 0 Å². The molecule has 0 atom stereocenters. The van der Waals surface area contributed by atoms with E-state index >= 15 is 0 Å². The highest BCUT2D eigenvalue weighted by Gasteiger charge is 2.00. The standard InChI is InChI=1S/C9H19NO/c1-8(2)9(7-11-3)5-4-6-10/h5,8H,4,6-7,10H2,1-3H3. The van der Waals surface area contributed by atoms with E-state index in [4.69, 9.17) is 10.5 Å². The lowest BCUT2D eigenvalue weighted by molar-refractivity contribution is 0.218. The summed E-state index contributed by atoms with van der Waals surface area (Å²) in [5, 5.41) is 0. The van der Waals surface area contributed by atoms with Crippen LogP contribution in [0.3, 0.4) is 0 Å². The van der Waals surface area contributed by atoms with Crippen LogP contribution >= 0.6 is 0 Å². The molecular formula is C9H19NO. The van der Waals surface area contributed by atoms with E-state index in [0.717, 1.165) is 19.6 Å². The summed E-state index contributed by atoms with van der Waals surface area (Å²) < 4.78 is 5.05. The molecule has 0 rings (SSSR count). The highest BCUT2D eigenvalue weighted by molar-refractivity contribution is 5.05. The summed E-state index contributed by atoms with van der Waals surface area (Å²) in [5.41, 5.74) is 6.73. The summed E-state index contributed by atoms with van der Waals surface area (Å²) in [6.07, 6.45) is 3.13. The summed E-state index contributed by atoms with van der Waals surface area (Å²) in [7, 11) is 1.72. The molecule has 0 saturated heterocycles. The Labute approximate surface area is 69.4 Å². The molecule has 0 heterocycles. The maximum absolute atomic E-state index is 5.39. The first-order valence-electron chi connectivity index (χ1n) is 4.10. The van der Waals surface area contributed by atoms with Gasteiger partial charge in [0.25, 0.3) is 0 Å². The SMILES string of the molecule is COCC(=CCCN)C(C)C. The fourth-order valence-corrected chi connectivity index (χ4v) is 0.897. The topological polar surface area (TPSA) is 35.2 Å². The van der Waals surface area contributed by atoms with Crippen molar-refractivity contribution in [3.05, 3.63) is 11.6 Å². The van der Waals surface area contributed by atoms with E-state index in [9.17, 15) is 0 Å². The Kier molecular flexibility index (Phi) is 6.18. The maximum Gasteiger partial charge on any atom is 0.0675 e.